The number of amides is 2. The molecule has 0 saturated heterocycles. The Morgan fingerprint density at radius 3 is 2.53 bits per heavy atom. The first-order chi connectivity index (χ1) is 14.5. The van der Waals surface area contributed by atoms with Gasteiger partial charge in [-0.1, -0.05) is 23.5 Å². The maximum Gasteiger partial charge on any atom is 0.235 e. The van der Waals surface area contributed by atoms with Crippen molar-refractivity contribution < 1.29 is 23.5 Å². The molecule has 0 aliphatic rings. The number of nitrogens with one attached hydrogen (secondary N) is 2. The fourth-order valence-corrected chi connectivity index (χ4v) is 3.72. The summed E-state index contributed by atoms with van der Waals surface area (Å²) >= 11 is 2.83. The highest BCUT2D eigenvalue weighted by molar-refractivity contribution is 8.00. The number of halogens is 1. The van der Waals surface area contributed by atoms with Crippen LogP contribution in [0.15, 0.2) is 52.9 Å². The Hall–Kier alpha value is -3.11. The number of carbonyl (C=O) groups excluding carboxylic acids is 2. The molecule has 2 N–H and O–H groups in total. The van der Waals surface area contributed by atoms with Gasteiger partial charge in [0.25, 0.3) is 0 Å². The number of methoxy groups -OCH3 is 1. The van der Waals surface area contributed by atoms with Crippen LogP contribution in [0.5, 0.6) is 17.2 Å². The molecule has 2 amide bonds. The molecule has 0 aliphatic heterocycles. The highest BCUT2D eigenvalue weighted by Gasteiger charge is 2.16. The van der Waals surface area contributed by atoms with Crippen LogP contribution in [0.4, 0.5) is 15.2 Å². The number of hydrogen-bond acceptors (Lipinski definition) is 7. The Labute approximate surface area is 180 Å². The van der Waals surface area contributed by atoms with E-state index in [-0.39, 0.29) is 11.4 Å². The molecule has 10 heteroatoms. The monoisotopic (exact) mass is 447 g/mol. The fourth-order valence-electron chi connectivity index (χ4n) is 2.42. The number of nitrogens with zero attached hydrogens (tertiary/aromatic N) is 1. The van der Waals surface area contributed by atoms with Crippen molar-refractivity contribution in [1.29, 1.82) is 0 Å². The average Bonchev–Trinajstić information content (AvgIpc) is 3.17. The van der Waals surface area contributed by atoms with E-state index in [1.807, 2.05) is 6.26 Å². The summed E-state index contributed by atoms with van der Waals surface area (Å²) in [4.78, 5) is 28.5. The van der Waals surface area contributed by atoms with Gasteiger partial charge in [0.2, 0.25) is 11.8 Å². The zero-order valence-corrected chi connectivity index (χ0v) is 17.7. The zero-order chi connectivity index (χ0) is 21.5. The van der Waals surface area contributed by atoms with Gasteiger partial charge in [-0.15, -0.1) is 11.8 Å². The van der Waals surface area contributed by atoms with Gasteiger partial charge in [-0.25, -0.2) is 9.37 Å². The molecule has 0 aliphatic carbocycles. The molecule has 0 fully saturated rings. The summed E-state index contributed by atoms with van der Waals surface area (Å²) in [5.41, 5.74) is 0.221. The predicted octanol–water partition coefficient (Wildman–Crippen LogP) is 4.77. The van der Waals surface area contributed by atoms with E-state index in [0.29, 0.717) is 16.6 Å². The first kappa shape index (κ1) is 21.6. The van der Waals surface area contributed by atoms with E-state index < -0.39 is 24.1 Å². The number of rotatable bonds is 8. The van der Waals surface area contributed by atoms with Gasteiger partial charge in [-0.3, -0.25) is 9.59 Å². The van der Waals surface area contributed by atoms with Gasteiger partial charge in [0.15, 0.2) is 22.4 Å². The minimum atomic E-state index is -0.578. The zero-order valence-electron chi connectivity index (χ0n) is 16.1. The van der Waals surface area contributed by atoms with Gasteiger partial charge < -0.3 is 20.1 Å². The SMILES string of the molecule is COc1ccccc1Oc1cc(F)ccc1NC(=O)CC(=O)Nc1ncc(SC)s1. The van der Waals surface area contributed by atoms with Crippen molar-refractivity contribution in [2.45, 2.75) is 10.6 Å². The number of hydrogen-bond donors (Lipinski definition) is 2. The van der Waals surface area contributed by atoms with E-state index >= 15 is 0 Å². The number of para-hydroxylation sites is 2. The number of thiazole rings is 1. The predicted molar refractivity (Wildman–Crippen MR) is 115 cm³/mol. The smallest absolute Gasteiger partial charge is 0.235 e. The maximum absolute atomic E-state index is 13.8. The van der Waals surface area contributed by atoms with Crippen LogP contribution in [0, 0.1) is 5.82 Å². The highest BCUT2D eigenvalue weighted by atomic mass is 32.2. The number of ether oxygens (including phenoxy) is 2. The quantitative estimate of drug-likeness (QED) is 0.382. The molecule has 0 unspecified atom stereocenters. The van der Waals surface area contributed by atoms with Gasteiger partial charge in [0.1, 0.15) is 12.2 Å². The second kappa shape index (κ2) is 10.1. The number of thioether (sulfide) groups is 1. The first-order valence-corrected chi connectivity index (χ1v) is 10.7. The summed E-state index contributed by atoms with van der Waals surface area (Å²) in [7, 11) is 1.49. The molecule has 0 bridgehead atoms. The van der Waals surface area contributed by atoms with Gasteiger partial charge in [0.05, 0.1) is 23.2 Å². The third-order valence-corrected chi connectivity index (χ3v) is 5.73. The molecule has 156 valence electrons. The van der Waals surface area contributed by atoms with Crippen LogP contribution in [-0.2, 0) is 9.59 Å². The van der Waals surface area contributed by atoms with Crippen molar-refractivity contribution in [1.82, 2.24) is 4.98 Å². The van der Waals surface area contributed by atoms with E-state index in [4.69, 9.17) is 9.47 Å². The summed E-state index contributed by atoms with van der Waals surface area (Å²) in [6.07, 6.45) is 3.12. The van der Waals surface area contributed by atoms with Crippen LogP contribution >= 0.6 is 23.1 Å². The molecule has 0 spiro atoms. The third kappa shape index (κ3) is 5.71. The lowest BCUT2D eigenvalue weighted by Crippen LogP contribution is -2.21. The van der Waals surface area contributed by atoms with Crippen molar-refractivity contribution in [3.8, 4) is 17.2 Å². The van der Waals surface area contributed by atoms with Gasteiger partial charge >= 0.3 is 0 Å². The molecule has 2 aromatic carbocycles. The molecule has 0 atom stereocenters. The van der Waals surface area contributed by atoms with Crippen LogP contribution in [0.3, 0.4) is 0 Å². The van der Waals surface area contributed by atoms with Crippen molar-refractivity contribution in [3.05, 3.63) is 54.5 Å². The largest absolute Gasteiger partial charge is 0.493 e. The maximum atomic E-state index is 13.8. The van der Waals surface area contributed by atoms with Crippen LogP contribution in [0.1, 0.15) is 6.42 Å². The molecule has 0 saturated carbocycles. The Morgan fingerprint density at radius 1 is 1.10 bits per heavy atom. The standard InChI is InChI=1S/C20H18FN3O4S2/c1-27-14-5-3-4-6-15(14)28-16-9-12(21)7-8-13(16)23-17(25)10-18(26)24-20-22-11-19(29-2)30-20/h3-9,11H,10H2,1-2H3,(H,23,25)(H,22,24,26). The lowest BCUT2D eigenvalue weighted by molar-refractivity contribution is -0.123. The second-order valence-corrected chi connectivity index (χ2v) is 7.99. The van der Waals surface area contributed by atoms with Crippen LogP contribution < -0.4 is 20.1 Å². The molecule has 7 nitrogen and oxygen atoms in total. The lowest BCUT2D eigenvalue weighted by Gasteiger charge is -2.14. The highest BCUT2D eigenvalue weighted by Crippen LogP contribution is 2.35. The van der Waals surface area contributed by atoms with Crippen molar-refractivity contribution in [2.24, 2.45) is 0 Å². The van der Waals surface area contributed by atoms with E-state index in [0.717, 1.165) is 10.3 Å². The number of benzene rings is 2. The van der Waals surface area contributed by atoms with Crippen molar-refractivity contribution in [3.63, 3.8) is 0 Å². The van der Waals surface area contributed by atoms with Crippen LogP contribution in [0.2, 0.25) is 0 Å². The van der Waals surface area contributed by atoms with Crippen molar-refractivity contribution >= 4 is 45.7 Å². The lowest BCUT2D eigenvalue weighted by atomic mass is 10.2. The molecule has 1 heterocycles. The number of anilines is 2. The molecule has 1 aromatic heterocycles. The minimum absolute atomic E-state index is 0.0813. The Morgan fingerprint density at radius 2 is 1.83 bits per heavy atom. The van der Waals surface area contributed by atoms with Gasteiger partial charge in [-0.2, -0.15) is 0 Å². The number of aromatic nitrogens is 1. The summed E-state index contributed by atoms with van der Waals surface area (Å²) < 4.78 is 25.7. The molecular formula is C20H18FN3O4S2. The van der Waals surface area contributed by atoms with Crippen LogP contribution in [0.25, 0.3) is 0 Å². The van der Waals surface area contributed by atoms with E-state index in [1.54, 1.807) is 30.5 Å². The molecule has 3 rings (SSSR count). The van der Waals surface area contributed by atoms with E-state index in [2.05, 4.69) is 15.6 Å². The first-order valence-electron chi connectivity index (χ1n) is 8.68. The number of carbonyl (C=O) groups is 2. The molecule has 30 heavy (non-hydrogen) atoms. The second-order valence-electron chi connectivity index (χ2n) is 5.86. The summed E-state index contributed by atoms with van der Waals surface area (Å²) in [5.74, 6) is -0.741. The van der Waals surface area contributed by atoms with E-state index in [9.17, 15) is 14.0 Å². The summed E-state index contributed by atoms with van der Waals surface area (Å²) in [6.45, 7) is 0. The van der Waals surface area contributed by atoms with Gasteiger partial charge in [0, 0.05) is 6.07 Å². The summed E-state index contributed by atoms with van der Waals surface area (Å²) in [6, 6.07) is 10.5. The molecule has 0 radical (unpaired) electrons. The Kier molecular flexibility index (Phi) is 7.26. The summed E-state index contributed by atoms with van der Waals surface area (Å²) in [5, 5.41) is 5.57. The normalized spacial score (nSPS) is 10.4. The van der Waals surface area contributed by atoms with Crippen molar-refractivity contribution in [2.75, 3.05) is 24.0 Å². The molecular weight excluding hydrogens is 429 g/mol. The minimum Gasteiger partial charge on any atom is -0.493 e. The average molecular weight is 448 g/mol. The van der Waals surface area contributed by atoms with Crippen LogP contribution in [-0.4, -0.2) is 30.2 Å². The third-order valence-electron chi connectivity index (χ3n) is 3.76. The van der Waals surface area contributed by atoms with E-state index in [1.165, 1.54) is 42.3 Å². The fraction of sp³-hybridized carbons (Fsp3) is 0.150. The molecule has 3 aromatic rings. The Bertz CT molecular complexity index is 1060. The topological polar surface area (TPSA) is 89.5 Å². The Balaban J connectivity index is 1.68. The van der Waals surface area contributed by atoms with Gasteiger partial charge in [-0.05, 0) is 30.5 Å².